The molecule has 1 fully saturated rings. The van der Waals surface area contributed by atoms with Crippen molar-refractivity contribution < 1.29 is 9.90 Å². The van der Waals surface area contributed by atoms with E-state index in [-0.39, 0.29) is 11.0 Å². The number of aliphatic hydroxyl groups is 1. The SMILES string of the molecule is Cc1ccc([C@@H]2SC[C@@H](O)[C@]23Cc2ccccc2C3=O)cc1. The third kappa shape index (κ3) is 1.82. The molecule has 1 heterocycles. The smallest absolute Gasteiger partial charge is 0.173 e. The first kappa shape index (κ1) is 14.0. The van der Waals surface area contributed by atoms with E-state index >= 15 is 0 Å². The Kier molecular flexibility index (Phi) is 3.17. The molecule has 0 amide bonds. The molecule has 0 radical (unpaired) electrons. The number of aliphatic hydroxyl groups excluding tert-OH is 1. The highest BCUT2D eigenvalue weighted by molar-refractivity contribution is 7.99. The van der Waals surface area contributed by atoms with Crippen LogP contribution in [0.1, 0.15) is 32.3 Å². The molecule has 2 aliphatic rings. The Hall–Kier alpha value is -1.58. The number of Topliss-reactive ketones (excluding diaryl/α,β-unsaturated/α-hetero) is 1. The lowest BCUT2D eigenvalue weighted by Gasteiger charge is -2.32. The number of benzene rings is 2. The zero-order chi connectivity index (χ0) is 15.3. The fourth-order valence-electron chi connectivity index (χ4n) is 3.82. The summed E-state index contributed by atoms with van der Waals surface area (Å²) in [6.07, 6.45) is 0.0676. The van der Waals surface area contributed by atoms with Gasteiger partial charge < -0.3 is 5.11 Å². The highest BCUT2D eigenvalue weighted by atomic mass is 32.2. The van der Waals surface area contributed by atoms with Crippen LogP contribution in [-0.4, -0.2) is 22.7 Å². The molecule has 0 aromatic heterocycles. The summed E-state index contributed by atoms with van der Waals surface area (Å²) in [6, 6.07) is 16.2. The van der Waals surface area contributed by atoms with Crippen LogP contribution < -0.4 is 0 Å². The molecule has 3 atom stereocenters. The van der Waals surface area contributed by atoms with Crippen LogP contribution in [0.15, 0.2) is 48.5 Å². The van der Waals surface area contributed by atoms with Crippen LogP contribution >= 0.6 is 11.8 Å². The lowest BCUT2D eigenvalue weighted by molar-refractivity contribution is 0.0435. The summed E-state index contributed by atoms with van der Waals surface area (Å²) in [7, 11) is 0. The van der Waals surface area contributed by atoms with Gasteiger partial charge in [0, 0.05) is 16.6 Å². The summed E-state index contributed by atoms with van der Waals surface area (Å²) in [4.78, 5) is 13.1. The average molecular weight is 310 g/mol. The Balaban J connectivity index is 1.82. The number of fused-ring (bicyclic) bond motifs is 1. The van der Waals surface area contributed by atoms with E-state index in [0.717, 1.165) is 16.7 Å². The minimum Gasteiger partial charge on any atom is -0.391 e. The number of hydrogen-bond acceptors (Lipinski definition) is 3. The van der Waals surface area contributed by atoms with Crippen molar-refractivity contribution in [1.82, 2.24) is 0 Å². The molecule has 4 rings (SSSR count). The Morgan fingerprint density at radius 1 is 1.14 bits per heavy atom. The van der Waals surface area contributed by atoms with Gasteiger partial charge in [0.25, 0.3) is 0 Å². The molecule has 0 saturated carbocycles. The zero-order valence-electron chi connectivity index (χ0n) is 12.5. The van der Waals surface area contributed by atoms with Crippen LogP contribution in [0.25, 0.3) is 0 Å². The second-order valence-electron chi connectivity index (χ2n) is 6.34. The largest absolute Gasteiger partial charge is 0.391 e. The highest BCUT2D eigenvalue weighted by Gasteiger charge is 2.59. The van der Waals surface area contributed by atoms with E-state index in [1.165, 1.54) is 5.56 Å². The zero-order valence-corrected chi connectivity index (χ0v) is 13.3. The summed E-state index contributed by atoms with van der Waals surface area (Å²) in [5.41, 5.74) is 3.53. The molecule has 112 valence electrons. The Bertz CT molecular complexity index is 737. The van der Waals surface area contributed by atoms with Crippen molar-refractivity contribution in [1.29, 1.82) is 0 Å². The van der Waals surface area contributed by atoms with Crippen LogP contribution in [0.3, 0.4) is 0 Å². The van der Waals surface area contributed by atoms with Crippen molar-refractivity contribution in [2.45, 2.75) is 24.7 Å². The first-order valence-corrected chi connectivity index (χ1v) is 8.67. The molecular formula is C19H18O2S. The number of rotatable bonds is 1. The van der Waals surface area contributed by atoms with Gasteiger partial charge in [-0.15, -0.1) is 11.8 Å². The van der Waals surface area contributed by atoms with Gasteiger partial charge in [-0.1, -0.05) is 54.1 Å². The van der Waals surface area contributed by atoms with Crippen molar-refractivity contribution in [2.24, 2.45) is 5.41 Å². The first-order chi connectivity index (χ1) is 10.6. The van der Waals surface area contributed by atoms with Crippen LogP contribution in [0.5, 0.6) is 0 Å². The number of thioether (sulfide) groups is 1. The number of hydrogen-bond donors (Lipinski definition) is 1. The Labute approximate surface area is 134 Å². The van der Waals surface area contributed by atoms with Crippen molar-refractivity contribution in [3.63, 3.8) is 0 Å². The molecule has 2 aromatic rings. The quantitative estimate of drug-likeness (QED) is 0.875. The third-order valence-electron chi connectivity index (χ3n) is 5.03. The van der Waals surface area contributed by atoms with Crippen molar-refractivity contribution in [2.75, 3.05) is 5.75 Å². The first-order valence-electron chi connectivity index (χ1n) is 7.62. The van der Waals surface area contributed by atoms with Crippen LogP contribution in [0.4, 0.5) is 0 Å². The molecule has 1 N–H and O–H groups in total. The fourth-order valence-corrected chi connectivity index (χ4v) is 5.48. The molecule has 22 heavy (non-hydrogen) atoms. The molecule has 0 unspecified atom stereocenters. The number of ketones is 1. The number of carbonyl (C=O) groups is 1. The van der Waals surface area contributed by atoms with Crippen LogP contribution in [0.2, 0.25) is 0 Å². The normalized spacial score (nSPS) is 30.0. The molecule has 1 aliphatic carbocycles. The predicted molar refractivity (Wildman–Crippen MR) is 89.3 cm³/mol. The predicted octanol–water partition coefficient (Wildman–Crippen LogP) is 3.57. The minimum atomic E-state index is -0.691. The Morgan fingerprint density at radius 2 is 1.86 bits per heavy atom. The van der Waals surface area contributed by atoms with E-state index in [0.29, 0.717) is 12.2 Å². The fraction of sp³-hybridized carbons (Fsp3) is 0.316. The highest BCUT2D eigenvalue weighted by Crippen LogP contribution is 2.59. The van der Waals surface area contributed by atoms with Crippen molar-refractivity contribution in [3.8, 4) is 0 Å². The molecule has 1 aliphatic heterocycles. The van der Waals surface area contributed by atoms with E-state index in [2.05, 4.69) is 31.2 Å². The lowest BCUT2D eigenvalue weighted by Crippen LogP contribution is -2.41. The van der Waals surface area contributed by atoms with Crippen molar-refractivity contribution in [3.05, 3.63) is 70.8 Å². The standard InChI is InChI=1S/C19H18O2S/c1-12-6-8-13(9-7-12)18-19(16(20)11-22-18)10-14-4-2-3-5-15(14)17(19)21/h2-9,16,18,20H,10-11H2,1H3/t16-,18+,19+/m1/s1. The molecule has 0 bridgehead atoms. The maximum Gasteiger partial charge on any atom is 0.173 e. The van der Waals surface area contributed by atoms with E-state index in [1.807, 2.05) is 24.3 Å². The van der Waals surface area contributed by atoms with Gasteiger partial charge >= 0.3 is 0 Å². The Morgan fingerprint density at radius 3 is 2.59 bits per heavy atom. The summed E-state index contributed by atoms with van der Waals surface area (Å²) < 4.78 is 0. The second-order valence-corrected chi connectivity index (χ2v) is 7.48. The summed E-state index contributed by atoms with van der Waals surface area (Å²) in [5.74, 6) is 0.740. The van der Waals surface area contributed by atoms with E-state index in [4.69, 9.17) is 0 Å². The topological polar surface area (TPSA) is 37.3 Å². The maximum absolute atomic E-state index is 13.1. The number of carbonyl (C=O) groups excluding carboxylic acids is 1. The monoisotopic (exact) mass is 310 g/mol. The summed E-state index contributed by atoms with van der Waals surface area (Å²) >= 11 is 1.71. The van der Waals surface area contributed by atoms with Gasteiger partial charge in [-0.25, -0.2) is 0 Å². The maximum atomic E-state index is 13.1. The average Bonchev–Trinajstić information content (AvgIpc) is 3.01. The molecule has 2 aromatic carbocycles. The van der Waals surface area contributed by atoms with E-state index < -0.39 is 11.5 Å². The summed E-state index contributed by atoms with van der Waals surface area (Å²) in [6.45, 7) is 2.06. The van der Waals surface area contributed by atoms with Crippen LogP contribution in [-0.2, 0) is 6.42 Å². The third-order valence-corrected chi connectivity index (χ3v) is 6.57. The van der Waals surface area contributed by atoms with E-state index in [9.17, 15) is 9.90 Å². The minimum absolute atomic E-state index is 0.0306. The molecule has 2 nitrogen and oxygen atoms in total. The van der Waals surface area contributed by atoms with Gasteiger partial charge in [-0.2, -0.15) is 0 Å². The molecule has 1 saturated heterocycles. The molecule has 1 spiro atoms. The van der Waals surface area contributed by atoms with E-state index in [1.54, 1.807) is 11.8 Å². The molecule has 3 heteroatoms. The van der Waals surface area contributed by atoms with Gasteiger partial charge in [-0.05, 0) is 24.5 Å². The second kappa shape index (κ2) is 4.97. The van der Waals surface area contributed by atoms with Gasteiger partial charge in [0.1, 0.15) is 0 Å². The van der Waals surface area contributed by atoms with Gasteiger partial charge in [-0.3, -0.25) is 4.79 Å². The molecular weight excluding hydrogens is 292 g/mol. The van der Waals surface area contributed by atoms with Crippen LogP contribution in [0, 0.1) is 12.3 Å². The van der Waals surface area contributed by atoms with Gasteiger partial charge in [0.2, 0.25) is 0 Å². The van der Waals surface area contributed by atoms with Gasteiger partial charge in [0.15, 0.2) is 5.78 Å². The summed E-state index contributed by atoms with van der Waals surface area (Å²) in [5, 5.41) is 10.7. The van der Waals surface area contributed by atoms with Gasteiger partial charge in [0.05, 0.1) is 11.5 Å². The lowest BCUT2D eigenvalue weighted by atomic mass is 9.73. The van der Waals surface area contributed by atoms with Crippen molar-refractivity contribution >= 4 is 17.5 Å². The number of aryl methyl sites for hydroxylation is 1.